The van der Waals surface area contributed by atoms with Crippen molar-refractivity contribution in [2.45, 2.75) is 24.5 Å². The zero-order chi connectivity index (χ0) is 22.7. The van der Waals surface area contributed by atoms with E-state index in [0.29, 0.717) is 11.3 Å². The van der Waals surface area contributed by atoms with Gasteiger partial charge in [-0.05, 0) is 34.7 Å². The first-order valence-corrected chi connectivity index (χ1v) is 10.6. The summed E-state index contributed by atoms with van der Waals surface area (Å²) in [4.78, 5) is 12.2. The van der Waals surface area contributed by atoms with Gasteiger partial charge in [0.2, 0.25) is 0 Å². The van der Waals surface area contributed by atoms with E-state index in [4.69, 9.17) is 16.2 Å². The largest absolute Gasteiger partial charge is 0.449 e. The molecule has 0 saturated heterocycles. The zero-order valence-electron chi connectivity index (χ0n) is 17.6. The van der Waals surface area contributed by atoms with Crippen molar-refractivity contribution in [1.29, 1.82) is 0 Å². The first kappa shape index (κ1) is 21.7. The van der Waals surface area contributed by atoms with E-state index >= 15 is 0 Å². The van der Waals surface area contributed by atoms with Crippen molar-refractivity contribution in [2.24, 2.45) is 0 Å². The highest BCUT2D eigenvalue weighted by molar-refractivity contribution is 5.79. The quantitative estimate of drug-likeness (QED) is 0.364. The predicted octanol–water partition coefficient (Wildman–Crippen LogP) is 3.17. The molecule has 0 aromatic heterocycles. The molecule has 1 aliphatic carbocycles. The number of aliphatic hydroxyl groups excluding tert-OH is 2. The van der Waals surface area contributed by atoms with Crippen molar-refractivity contribution in [3.05, 3.63) is 83.4 Å². The van der Waals surface area contributed by atoms with Crippen molar-refractivity contribution in [3.8, 4) is 11.1 Å². The van der Waals surface area contributed by atoms with Gasteiger partial charge in [0, 0.05) is 18.0 Å². The van der Waals surface area contributed by atoms with Crippen LogP contribution in [0.4, 0.5) is 16.2 Å². The number of benzene rings is 3. The molecular weight excluding hydrogens is 406 g/mol. The van der Waals surface area contributed by atoms with E-state index in [1.165, 1.54) is 0 Å². The minimum atomic E-state index is -1.21. The Bertz CT molecular complexity index is 1070. The predicted molar refractivity (Wildman–Crippen MR) is 124 cm³/mol. The van der Waals surface area contributed by atoms with Gasteiger partial charge in [0.1, 0.15) is 12.7 Å². The zero-order valence-corrected chi connectivity index (χ0v) is 17.6. The van der Waals surface area contributed by atoms with Crippen LogP contribution in [-0.2, 0) is 4.74 Å². The number of hydrogen-bond donors (Lipinski definition) is 5. The number of alkyl carbamates (subject to hydrolysis) is 1. The number of nitrogen functional groups attached to an aromatic ring is 2. The molecule has 4 rings (SSSR count). The lowest BCUT2D eigenvalue weighted by Gasteiger charge is -2.20. The highest BCUT2D eigenvalue weighted by Crippen LogP contribution is 2.44. The number of fused-ring (bicyclic) bond motifs is 3. The van der Waals surface area contributed by atoms with Crippen LogP contribution in [0.25, 0.3) is 11.1 Å². The molecule has 0 spiro atoms. The van der Waals surface area contributed by atoms with Gasteiger partial charge in [-0.1, -0.05) is 60.7 Å². The van der Waals surface area contributed by atoms with Crippen LogP contribution in [0.2, 0.25) is 0 Å². The lowest BCUT2D eigenvalue weighted by molar-refractivity contribution is 0.0141. The number of para-hydroxylation sites is 1. The standard InChI is InChI=1S/C25H27N3O4/c26-21-11-5-10-19(23(21)27)24(30)22(29)12-13-28-25(31)32-14-20-17-8-3-1-6-15(17)16-7-2-4-9-18(16)20/h1-11,20,22,24,29-30H,12-14,26-27H2,(H,28,31). The second-order valence-corrected chi connectivity index (χ2v) is 7.90. The number of aliphatic hydroxyl groups is 2. The van der Waals surface area contributed by atoms with Crippen LogP contribution in [0, 0.1) is 0 Å². The maximum absolute atomic E-state index is 12.2. The van der Waals surface area contributed by atoms with Crippen LogP contribution in [0.5, 0.6) is 0 Å². The van der Waals surface area contributed by atoms with Crippen LogP contribution < -0.4 is 16.8 Å². The molecule has 2 atom stereocenters. The lowest BCUT2D eigenvalue weighted by Crippen LogP contribution is -2.31. The Morgan fingerprint density at radius 2 is 1.56 bits per heavy atom. The van der Waals surface area contributed by atoms with Gasteiger partial charge < -0.3 is 31.7 Å². The summed E-state index contributed by atoms with van der Waals surface area (Å²) >= 11 is 0. The first-order valence-electron chi connectivity index (χ1n) is 10.6. The van der Waals surface area contributed by atoms with E-state index in [2.05, 4.69) is 29.6 Å². The molecule has 1 aliphatic rings. The Hall–Kier alpha value is -3.55. The van der Waals surface area contributed by atoms with Crippen LogP contribution in [-0.4, -0.2) is 35.6 Å². The molecule has 166 valence electrons. The van der Waals surface area contributed by atoms with Gasteiger partial charge in [-0.3, -0.25) is 0 Å². The average Bonchev–Trinajstić information content (AvgIpc) is 3.13. The molecule has 0 bridgehead atoms. The maximum atomic E-state index is 12.2. The number of rotatable bonds is 7. The maximum Gasteiger partial charge on any atom is 0.407 e. The third kappa shape index (κ3) is 4.26. The number of amides is 1. The number of carbonyl (C=O) groups is 1. The molecule has 32 heavy (non-hydrogen) atoms. The first-order chi connectivity index (χ1) is 15.5. The van der Waals surface area contributed by atoms with Gasteiger partial charge >= 0.3 is 6.09 Å². The van der Waals surface area contributed by atoms with Crippen LogP contribution in [0.3, 0.4) is 0 Å². The number of nitrogens with two attached hydrogens (primary N) is 2. The summed E-state index contributed by atoms with van der Waals surface area (Å²) in [7, 11) is 0. The van der Waals surface area contributed by atoms with Crippen LogP contribution in [0.1, 0.15) is 35.1 Å². The third-order valence-electron chi connectivity index (χ3n) is 5.91. The van der Waals surface area contributed by atoms with Crippen molar-refractivity contribution in [2.75, 3.05) is 24.6 Å². The molecule has 7 heteroatoms. The fourth-order valence-electron chi connectivity index (χ4n) is 4.20. The van der Waals surface area contributed by atoms with Gasteiger partial charge in [-0.25, -0.2) is 4.79 Å². The summed E-state index contributed by atoms with van der Waals surface area (Å²) in [5.74, 6) is -0.0212. The van der Waals surface area contributed by atoms with Gasteiger partial charge in [0.15, 0.2) is 0 Å². The fraction of sp³-hybridized carbons (Fsp3) is 0.240. The van der Waals surface area contributed by atoms with Crippen LogP contribution in [0.15, 0.2) is 66.7 Å². The minimum absolute atomic E-state index is 0.0212. The average molecular weight is 434 g/mol. The van der Waals surface area contributed by atoms with E-state index in [1.54, 1.807) is 18.2 Å². The summed E-state index contributed by atoms with van der Waals surface area (Å²) in [5.41, 5.74) is 17.2. The number of ether oxygens (including phenoxy) is 1. The van der Waals surface area contributed by atoms with Gasteiger partial charge in [0.25, 0.3) is 0 Å². The SMILES string of the molecule is Nc1cccc(C(O)C(O)CCNC(=O)OCC2c3ccccc3-c3ccccc32)c1N. The van der Waals surface area contributed by atoms with Crippen molar-refractivity contribution < 1.29 is 19.7 Å². The molecule has 1 amide bonds. The van der Waals surface area contributed by atoms with Crippen molar-refractivity contribution in [1.82, 2.24) is 5.32 Å². The lowest BCUT2D eigenvalue weighted by atomic mass is 9.98. The molecule has 2 unspecified atom stereocenters. The summed E-state index contributed by atoms with van der Waals surface area (Å²) in [6.45, 7) is 0.349. The van der Waals surface area contributed by atoms with E-state index in [9.17, 15) is 15.0 Å². The highest BCUT2D eigenvalue weighted by Gasteiger charge is 2.29. The second kappa shape index (κ2) is 9.30. The highest BCUT2D eigenvalue weighted by atomic mass is 16.5. The van der Waals surface area contributed by atoms with Crippen LogP contribution >= 0.6 is 0 Å². The molecular formula is C25H27N3O4. The van der Waals surface area contributed by atoms with Crippen molar-refractivity contribution in [3.63, 3.8) is 0 Å². The summed E-state index contributed by atoms with van der Waals surface area (Å²) in [5, 5.41) is 23.3. The Morgan fingerprint density at radius 1 is 0.938 bits per heavy atom. The molecule has 7 N–H and O–H groups in total. The van der Waals surface area contributed by atoms with E-state index in [1.807, 2.05) is 24.3 Å². The molecule has 0 aliphatic heterocycles. The summed E-state index contributed by atoms with van der Waals surface area (Å²) < 4.78 is 5.47. The summed E-state index contributed by atoms with van der Waals surface area (Å²) in [6, 6.07) is 21.1. The molecule has 3 aromatic rings. The number of hydrogen-bond acceptors (Lipinski definition) is 6. The number of carbonyl (C=O) groups excluding carboxylic acids is 1. The molecule has 0 fully saturated rings. The molecule has 7 nitrogen and oxygen atoms in total. The Morgan fingerprint density at radius 3 is 2.22 bits per heavy atom. The molecule has 0 heterocycles. The minimum Gasteiger partial charge on any atom is -0.449 e. The number of anilines is 2. The van der Waals surface area contributed by atoms with Gasteiger partial charge in [0.05, 0.1) is 17.5 Å². The number of nitrogens with one attached hydrogen (secondary N) is 1. The molecule has 0 radical (unpaired) electrons. The fourth-order valence-corrected chi connectivity index (χ4v) is 4.20. The monoisotopic (exact) mass is 433 g/mol. The van der Waals surface area contributed by atoms with Gasteiger partial charge in [-0.2, -0.15) is 0 Å². The third-order valence-corrected chi connectivity index (χ3v) is 5.91. The molecule has 3 aromatic carbocycles. The van der Waals surface area contributed by atoms with E-state index in [-0.39, 0.29) is 31.2 Å². The topological polar surface area (TPSA) is 131 Å². The Kier molecular flexibility index (Phi) is 6.30. The summed E-state index contributed by atoms with van der Waals surface area (Å²) in [6.07, 6.45) is -2.77. The van der Waals surface area contributed by atoms with Crippen molar-refractivity contribution >= 4 is 17.5 Å². The Balaban J connectivity index is 1.29. The second-order valence-electron chi connectivity index (χ2n) is 7.90. The normalized spacial score (nSPS) is 14.3. The van der Waals surface area contributed by atoms with Gasteiger partial charge in [-0.15, -0.1) is 0 Å². The van der Waals surface area contributed by atoms with E-state index in [0.717, 1.165) is 22.3 Å². The smallest absolute Gasteiger partial charge is 0.407 e. The Labute approximate surface area is 186 Å². The molecule has 0 saturated carbocycles. The van der Waals surface area contributed by atoms with E-state index < -0.39 is 18.3 Å².